The van der Waals surface area contributed by atoms with E-state index in [1.165, 1.54) is 0 Å². The fourth-order valence-corrected chi connectivity index (χ4v) is 0. The van der Waals surface area contributed by atoms with Crippen molar-refractivity contribution in [3.8, 4) is 0 Å². The van der Waals surface area contributed by atoms with E-state index in [0.717, 1.165) is 17.4 Å². The summed E-state index contributed by atoms with van der Waals surface area (Å²) in [6.45, 7) is 0. The molecular weight excluding hydrogens is 218 g/mol. The molecule has 65 valence electrons. The van der Waals surface area contributed by atoms with E-state index in [1.54, 1.807) is 0 Å². The maximum atomic E-state index is 8.19. The Balaban J connectivity index is -0.000000000238. The van der Waals surface area contributed by atoms with Crippen LogP contribution in [0.1, 0.15) is 0 Å². The van der Waals surface area contributed by atoms with Gasteiger partial charge in [-0.15, -0.1) is 0 Å². The first-order valence-corrected chi connectivity index (χ1v) is 0.753. The standard InChI is InChI=1S/2ClH.5H2O.O.V/h2*1H;5*1H2;;/q;;;;;;;;+2/p-2. The van der Waals surface area contributed by atoms with Crippen LogP contribution in [-0.2, 0) is 21.0 Å². The van der Waals surface area contributed by atoms with Gasteiger partial charge >= 0.3 is 21.0 Å². The molecule has 0 spiro atoms. The Bertz CT molecular complexity index is 11.0. The third kappa shape index (κ3) is 686. The van der Waals surface area contributed by atoms with Gasteiger partial charge in [0.05, 0.1) is 0 Å². The second-order valence-corrected chi connectivity index (χ2v) is 0. The SMILES string of the molecule is O.O.O.O.O.[Cl-].[Cl-].[O]=[V+2]. The second-order valence-electron chi connectivity index (χ2n) is 0. The van der Waals surface area contributed by atoms with Crippen LogP contribution >= 0.6 is 0 Å². The predicted molar refractivity (Wildman–Crippen MR) is 18.8 cm³/mol. The molecule has 0 aromatic heterocycles. The van der Waals surface area contributed by atoms with Crippen molar-refractivity contribution in [3.05, 3.63) is 0 Å². The third-order valence-electron chi connectivity index (χ3n) is 0. The minimum absolute atomic E-state index is 0. The van der Waals surface area contributed by atoms with Crippen molar-refractivity contribution in [2.45, 2.75) is 0 Å². The van der Waals surface area contributed by atoms with Crippen molar-refractivity contribution in [3.63, 3.8) is 0 Å². The molecule has 9 heteroatoms. The van der Waals surface area contributed by atoms with Crippen LogP contribution in [0.25, 0.3) is 0 Å². The fraction of sp³-hybridized carbons (Fsp3) is 0. The van der Waals surface area contributed by atoms with Crippen molar-refractivity contribution in [1.29, 1.82) is 0 Å². The summed E-state index contributed by atoms with van der Waals surface area (Å²) < 4.78 is 8.19. The Morgan fingerprint density at radius 3 is 0.556 bits per heavy atom. The van der Waals surface area contributed by atoms with E-state index in [-0.39, 0.29) is 52.2 Å². The zero-order valence-corrected chi connectivity index (χ0v) is 7.02. The van der Waals surface area contributed by atoms with Crippen LogP contribution < -0.4 is 24.8 Å². The van der Waals surface area contributed by atoms with E-state index in [2.05, 4.69) is 0 Å². The molecule has 0 amide bonds. The summed E-state index contributed by atoms with van der Waals surface area (Å²) in [7, 11) is 0. The molecule has 9 heavy (non-hydrogen) atoms. The molecule has 0 radical (unpaired) electrons. The van der Waals surface area contributed by atoms with E-state index in [1.807, 2.05) is 0 Å². The van der Waals surface area contributed by atoms with E-state index in [0.29, 0.717) is 0 Å². The summed E-state index contributed by atoms with van der Waals surface area (Å²) in [6, 6.07) is 0. The summed E-state index contributed by atoms with van der Waals surface area (Å²) in [6.07, 6.45) is 0. The normalized spacial score (nSPS) is 0.667. The number of hydrogen-bond acceptors (Lipinski definition) is 1. The molecule has 0 aliphatic carbocycles. The van der Waals surface area contributed by atoms with Gasteiger partial charge in [-0.1, -0.05) is 0 Å². The van der Waals surface area contributed by atoms with Crippen LogP contribution in [0.4, 0.5) is 0 Å². The first kappa shape index (κ1) is 241. The van der Waals surface area contributed by atoms with Gasteiger partial charge in [0.25, 0.3) is 0 Å². The van der Waals surface area contributed by atoms with Crippen LogP contribution in [0, 0.1) is 0 Å². The van der Waals surface area contributed by atoms with Crippen molar-refractivity contribution < 1.29 is 73.2 Å². The average molecular weight is 228 g/mol. The molecule has 0 fully saturated rings. The Morgan fingerprint density at radius 2 is 0.556 bits per heavy atom. The summed E-state index contributed by atoms with van der Waals surface area (Å²) in [5, 5.41) is 0. The topological polar surface area (TPSA) is 175 Å². The molecule has 10 N–H and O–H groups in total. The molecule has 0 bridgehead atoms. The molecule has 0 saturated carbocycles. The molecule has 0 aliphatic rings. The van der Waals surface area contributed by atoms with Gasteiger partial charge in [-0.05, 0) is 0 Å². The second kappa shape index (κ2) is 904. The number of halogens is 2. The Hall–Kier alpha value is 0.764. The first-order chi connectivity index (χ1) is 1.00. The van der Waals surface area contributed by atoms with E-state index >= 15 is 0 Å². The predicted octanol–water partition coefficient (Wildman–Crippen LogP) is -10.2. The molecule has 0 atom stereocenters. The molecule has 0 heterocycles. The van der Waals surface area contributed by atoms with Crippen LogP contribution in [0.15, 0.2) is 0 Å². The Labute approximate surface area is 73.6 Å². The average Bonchev–Trinajstić information content (AvgIpc) is 1.00. The van der Waals surface area contributed by atoms with Gasteiger partial charge in [0.15, 0.2) is 0 Å². The number of hydrogen-bond donors (Lipinski definition) is 0. The van der Waals surface area contributed by atoms with E-state index < -0.39 is 0 Å². The van der Waals surface area contributed by atoms with E-state index in [9.17, 15) is 0 Å². The molecular formula is H10Cl2O6V. The van der Waals surface area contributed by atoms with Gasteiger partial charge in [-0.25, -0.2) is 0 Å². The molecule has 0 unspecified atom stereocenters. The van der Waals surface area contributed by atoms with Crippen molar-refractivity contribution >= 4 is 0 Å². The molecule has 6 nitrogen and oxygen atoms in total. The molecule has 0 aliphatic heterocycles. The van der Waals surface area contributed by atoms with Crippen LogP contribution in [-0.4, -0.2) is 27.4 Å². The third-order valence-corrected chi connectivity index (χ3v) is 0. The molecule has 0 aromatic rings. The minimum atomic E-state index is 0. The van der Waals surface area contributed by atoms with Crippen LogP contribution in [0.5, 0.6) is 0 Å². The summed E-state index contributed by atoms with van der Waals surface area (Å²) >= 11 is 1.06. The van der Waals surface area contributed by atoms with Gasteiger partial charge in [-0.2, -0.15) is 0 Å². The quantitative estimate of drug-likeness (QED) is 0.393. The van der Waals surface area contributed by atoms with Gasteiger partial charge < -0.3 is 52.2 Å². The summed E-state index contributed by atoms with van der Waals surface area (Å²) in [4.78, 5) is 0. The van der Waals surface area contributed by atoms with Crippen molar-refractivity contribution in [1.82, 2.24) is 0 Å². The molecule has 0 aromatic carbocycles. The van der Waals surface area contributed by atoms with E-state index in [4.69, 9.17) is 3.67 Å². The van der Waals surface area contributed by atoms with Crippen LogP contribution in [0.2, 0.25) is 0 Å². The Kier molecular flexibility index (Phi) is 24200. The molecule has 0 saturated heterocycles. The van der Waals surface area contributed by atoms with Crippen LogP contribution in [0.3, 0.4) is 0 Å². The zero-order chi connectivity index (χ0) is 2.00. The van der Waals surface area contributed by atoms with Gasteiger partial charge in [-0.3, -0.25) is 0 Å². The van der Waals surface area contributed by atoms with Gasteiger partial charge in [0.1, 0.15) is 0 Å². The van der Waals surface area contributed by atoms with Gasteiger partial charge in [0.2, 0.25) is 0 Å². The summed E-state index contributed by atoms with van der Waals surface area (Å²) in [5.74, 6) is 0. The van der Waals surface area contributed by atoms with Gasteiger partial charge in [0, 0.05) is 0 Å². The first-order valence-electron chi connectivity index (χ1n) is 0.183. The maximum absolute atomic E-state index is 8.19. The molecule has 0 rings (SSSR count). The van der Waals surface area contributed by atoms with Crippen molar-refractivity contribution in [2.24, 2.45) is 0 Å². The van der Waals surface area contributed by atoms with Crippen molar-refractivity contribution in [2.75, 3.05) is 0 Å². The number of rotatable bonds is 0. The summed E-state index contributed by atoms with van der Waals surface area (Å²) in [5.41, 5.74) is 0. The Morgan fingerprint density at radius 1 is 0.556 bits per heavy atom. The fourth-order valence-electron chi connectivity index (χ4n) is 0. The zero-order valence-electron chi connectivity index (χ0n) is 4.11. The monoisotopic (exact) mass is 227 g/mol.